The van der Waals surface area contributed by atoms with E-state index in [-0.39, 0.29) is 6.04 Å². The molecule has 1 aromatic rings. The van der Waals surface area contributed by atoms with E-state index < -0.39 is 11.2 Å². The highest BCUT2D eigenvalue weighted by Crippen LogP contribution is 2.35. The summed E-state index contributed by atoms with van der Waals surface area (Å²) in [6.45, 7) is 1.37. The standard InChI is InChI=1S/C10H13F3N2OS/c11-10(12,13)9-15-4-8(17-9)7(14)3-6-1-2-16-5-6/h4,6-7H,1-3,5,14H2. The van der Waals surface area contributed by atoms with Crippen LogP contribution in [-0.4, -0.2) is 18.2 Å². The molecular formula is C10H13F3N2OS. The molecule has 2 N–H and O–H groups in total. The molecule has 1 fully saturated rings. The van der Waals surface area contributed by atoms with Crippen molar-refractivity contribution in [1.82, 2.24) is 4.98 Å². The molecule has 1 aromatic heterocycles. The van der Waals surface area contributed by atoms with E-state index in [4.69, 9.17) is 10.5 Å². The van der Waals surface area contributed by atoms with Gasteiger partial charge in [-0.3, -0.25) is 0 Å². The van der Waals surface area contributed by atoms with Crippen molar-refractivity contribution < 1.29 is 17.9 Å². The molecule has 1 aliphatic heterocycles. The van der Waals surface area contributed by atoms with E-state index in [0.717, 1.165) is 6.42 Å². The average molecular weight is 266 g/mol. The van der Waals surface area contributed by atoms with Crippen molar-refractivity contribution in [3.63, 3.8) is 0 Å². The van der Waals surface area contributed by atoms with E-state index in [1.165, 1.54) is 6.20 Å². The van der Waals surface area contributed by atoms with Crippen LogP contribution in [0.1, 0.15) is 28.8 Å². The van der Waals surface area contributed by atoms with E-state index in [9.17, 15) is 13.2 Å². The van der Waals surface area contributed by atoms with Gasteiger partial charge in [0, 0.05) is 30.3 Å². The van der Waals surface area contributed by atoms with Crippen LogP contribution in [0.5, 0.6) is 0 Å². The molecule has 0 amide bonds. The van der Waals surface area contributed by atoms with Gasteiger partial charge in [0.1, 0.15) is 0 Å². The number of thiazole rings is 1. The van der Waals surface area contributed by atoms with Gasteiger partial charge in [-0.05, 0) is 18.8 Å². The molecule has 2 rings (SSSR count). The Bertz CT molecular complexity index is 374. The van der Waals surface area contributed by atoms with Crippen LogP contribution in [0.3, 0.4) is 0 Å². The second kappa shape index (κ2) is 4.91. The molecule has 0 aromatic carbocycles. The van der Waals surface area contributed by atoms with E-state index in [1.54, 1.807) is 0 Å². The van der Waals surface area contributed by atoms with E-state index in [2.05, 4.69) is 4.98 Å². The van der Waals surface area contributed by atoms with Crippen LogP contribution in [0.15, 0.2) is 6.20 Å². The molecule has 96 valence electrons. The van der Waals surface area contributed by atoms with Gasteiger partial charge < -0.3 is 10.5 Å². The molecule has 0 radical (unpaired) electrons. The first-order chi connectivity index (χ1) is 7.97. The molecule has 0 saturated carbocycles. The minimum absolute atomic E-state index is 0.349. The van der Waals surface area contributed by atoms with Crippen molar-refractivity contribution >= 4 is 11.3 Å². The van der Waals surface area contributed by atoms with Crippen molar-refractivity contribution in [2.75, 3.05) is 13.2 Å². The summed E-state index contributed by atoms with van der Waals surface area (Å²) in [7, 11) is 0. The lowest BCUT2D eigenvalue weighted by molar-refractivity contribution is -0.137. The fourth-order valence-electron chi connectivity index (χ4n) is 1.83. The molecular weight excluding hydrogens is 253 g/mol. The van der Waals surface area contributed by atoms with Crippen LogP contribution in [0.2, 0.25) is 0 Å². The van der Waals surface area contributed by atoms with Gasteiger partial charge in [0.2, 0.25) is 0 Å². The SMILES string of the molecule is NC(CC1CCOC1)c1cnc(C(F)(F)F)s1. The second-order valence-corrected chi connectivity index (χ2v) is 5.20. The molecule has 3 nitrogen and oxygen atoms in total. The maximum absolute atomic E-state index is 12.4. The summed E-state index contributed by atoms with van der Waals surface area (Å²) < 4.78 is 42.3. The summed E-state index contributed by atoms with van der Waals surface area (Å²) in [5.74, 6) is 0.349. The van der Waals surface area contributed by atoms with E-state index >= 15 is 0 Å². The fourth-order valence-corrected chi connectivity index (χ4v) is 2.63. The molecule has 0 spiro atoms. The summed E-state index contributed by atoms with van der Waals surface area (Å²) in [4.78, 5) is 3.86. The third kappa shape index (κ3) is 3.17. The number of alkyl halides is 3. The third-order valence-electron chi connectivity index (χ3n) is 2.74. The van der Waals surface area contributed by atoms with Crippen LogP contribution in [-0.2, 0) is 10.9 Å². The molecule has 2 unspecified atom stereocenters. The quantitative estimate of drug-likeness (QED) is 0.914. The number of hydrogen-bond acceptors (Lipinski definition) is 4. The number of ether oxygens (including phenoxy) is 1. The van der Waals surface area contributed by atoms with Gasteiger partial charge in [-0.2, -0.15) is 13.2 Å². The largest absolute Gasteiger partial charge is 0.443 e. The number of nitrogens with zero attached hydrogens (tertiary/aromatic N) is 1. The molecule has 0 aliphatic carbocycles. The van der Waals surface area contributed by atoms with Crippen molar-refractivity contribution in [2.45, 2.75) is 25.1 Å². The lowest BCUT2D eigenvalue weighted by atomic mass is 9.99. The second-order valence-electron chi connectivity index (χ2n) is 4.14. The van der Waals surface area contributed by atoms with Crippen LogP contribution >= 0.6 is 11.3 Å². The zero-order valence-electron chi connectivity index (χ0n) is 9.04. The Morgan fingerprint density at radius 1 is 1.59 bits per heavy atom. The van der Waals surface area contributed by atoms with Gasteiger partial charge in [-0.25, -0.2) is 4.98 Å². The molecule has 0 bridgehead atoms. The highest BCUT2D eigenvalue weighted by Gasteiger charge is 2.35. The number of hydrogen-bond donors (Lipinski definition) is 1. The number of nitrogens with two attached hydrogens (primary N) is 1. The minimum Gasteiger partial charge on any atom is -0.381 e. The highest BCUT2D eigenvalue weighted by atomic mass is 32.1. The smallest absolute Gasteiger partial charge is 0.381 e. The highest BCUT2D eigenvalue weighted by molar-refractivity contribution is 7.11. The number of aromatic nitrogens is 1. The fraction of sp³-hybridized carbons (Fsp3) is 0.700. The average Bonchev–Trinajstić information content (AvgIpc) is 2.85. The summed E-state index contributed by atoms with van der Waals surface area (Å²) in [6.07, 6.45) is -1.56. The first-order valence-corrected chi connectivity index (χ1v) is 6.14. The van der Waals surface area contributed by atoms with Gasteiger partial charge in [0.15, 0.2) is 5.01 Å². The Labute approximate surface area is 101 Å². The normalized spacial score (nSPS) is 22.9. The monoisotopic (exact) mass is 266 g/mol. The Balaban J connectivity index is 1.99. The Kier molecular flexibility index (Phi) is 3.70. The topological polar surface area (TPSA) is 48.1 Å². The van der Waals surface area contributed by atoms with Crippen molar-refractivity contribution in [3.8, 4) is 0 Å². The van der Waals surface area contributed by atoms with Crippen LogP contribution < -0.4 is 5.73 Å². The Hall–Kier alpha value is -0.660. The van der Waals surface area contributed by atoms with Crippen LogP contribution in [0.4, 0.5) is 13.2 Å². The van der Waals surface area contributed by atoms with Gasteiger partial charge >= 0.3 is 6.18 Å². The van der Waals surface area contributed by atoms with Crippen molar-refractivity contribution in [1.29, 1.82) is 0 Å². The Morgan fingerprint density at radius 2 is 2.35 bits per heavy atom. The zero-order valence-corrected chi connectivity index (χ0v) is 9.85. The van der Waals surface area contributed by atoms with E-state index in [0.29, 0.717) is 41.8 Å². The maximum atomic E-state index is 12.4. The zero-order chi connectivity index (χ0) is 12.5. The van der Waals surface area contributed by atoms with Crippen LogP contribution in [0, 0.1) is 5.92 Å². The molecule has 1 saturated heterocycles. The lowest BCUT2D eigenvalue weighted by Gasteiger charge is -2.13. The van der Waals surface area contributed by atoms with Gasteiger partial charge in [0.05, 0.1) is 0 Å². The van der Waals surface area contributed by atoms with Gasteiger partial charge in [-0.15, -0.1) is 11.3 Å². The first kappa shape index (κ1) is 12.8. The summed E-state index contributed by atoms with van der Waals surface area (Å²) >= 11 is 0.629. The Morgan fingerprint density at radius 3 is 2.88 bits per heavy atom. The summed E-state index contributed by atoms with van der Waals surface area (Å²) in [5.41, 5.74) is 5.88. The van der Waals surface area contributed by atoms with Crippen molar-refractivity contribution in [2.24, 2.45) is 11.7 Å². The summed E-state index contributed by atoms with van der Waals surface area (Å²) in [5, 5.41) is -0.828. The predicted molar refractivity (Wildman–Crippen MR) is 57.6 cm³/mol. The van der Waals surface area contributed by atoms with Crippen LogP contribution in [0.25, 0.3) is 0 Å². The van der Waals surface area contributed by atoms with Crippen molar-refractivity contribution in [3.05, 3.63) is 16.1 Å². The third-order valence-corrected chi connectivity index (χ3v) is 3.92. The molecule has 1 aliphatic rings. The summed E-state index contributed by atoms with van der Waals surface area (Å²) in [6, 6.07) is -0.379. The number of halogens is 3. The van der Waals surface area contributed by atoms with Gasteiger partial charge in [-0.1, -0.05) is 0 Å². The maximum Gasteiger partial charge on any atom is 0.443 e. The molecule has 2 atom stereocenters. The predicted octanol–water partition coefficient (Wildman–Crippen LogP) is 2.59. The minimum atomic E-state index is -4.38. The van der Waals surface area contributed by atoms with E-state index in [1.807, 2.05) is 0 Å². The molecule has 17 heavy (non-hydrogen) atoms. The molecule has 2 heterocycles. The molecule has 7 heteroatoms. The number of rotatable bonds is 3. The first-order valence-electron chi connectivity index (χ1n) is 5.33. The van der Waals surface area contributed by atoms with Gasteiger partial charge in [0.25, 0.3) is 0 Å². The lowest BCUT2D eigenvalue weighted by Crippen LogP contribution is -2.14.